The summed E-state index contributed by atoms with van der Waals surface area (Å²) in [5.41, 5.74) is 2.87. The van der Waals surface area contributed by atoms with Crippen LogP contribution in [0.5, 0.6) is 0 Å². The fourth-order valence-corrected chi connectivity index (χ4v) is 3.04. The molecule has 0 aliphatic carbocycles. The molecule has 0 bridgehead atoms. The third kappa shape index (κ3) is 1.49. The predicted molar refractivity (Wildman–Crippen MR) is 82.2 cm³/mol. The number of hydrogen-bond acceptors (Lipinski definition) is 4. The van der Waals surface area contributed by atoms with E-state index in [9.17, 15) is 15.3 Å². The molecule has 2 N–H and O–H groups in total. The van der Waals surface area contributed by atoms with Crippen LogP contribution < -0.4 is 5.48 Å². The van der Waals surface area contributed by atoms with Crippen molar-refractivity contribution in [1.29, 1.82) is 0 Å². The maximum Gasteiger partial charge on any atom is 0.277 e. The van der Waals surface area contributed by atoms with Crippen molar-refractivity contribution in [3.05, 3.63) is 58.6 Å². The first-order chi connectivity index (χ1) is 10.2. The lowest BCUT2D eigenvalue weighted by Gasteiger charge is -2.13. The number of nitrogens with one attached hydrogen (secondary N) is 1. The summed E-state index contributed by atoms with van der Waals surface area (Å²) in [6.45, 7) is 0. The molecule has 0 saturated heterocycles. The topological polar surface area (TPSA) is 75.4 Å². The van der Waals surface area contributed by atoms with Gasteiger partial charge in [-0.05, 0) is 34.4 Å². The third-order valence-corrected chi connectivity index (χ3v) is 3.96. The van der Waals surface area contributed by atoms with Crippen molar-refractivity contribution in [3.8, 4) is 0 Å². The minimum absolute atomic E-state index is 0.0965. The Hall–Kier alpha value is -2.92. The molecule has 0 spiro atoms. The van der Waals surface area contributed by atoms with Gasteiger partial charge in [-0.1, -0.05) is 24.3 Å². The number of anilines is 1. The molecular weight excluding hydrogens is 268 g/mol. The second kappa shape index (κ2) is 4.04. The summed E-state index contributed by atoms with van der Waals surface area (Å²) in [6.07, 6.45) is 0. The van der Waals surface area contributed by atoms with Crippen LogP contribution in [-0.2, 0) is 0 Å². The van der Waals surface area contributed by atoms with Gasteiger partial charge in [-0.15, -0.1) is 0 Å². The van der Waals surface area contributed by atoms with Crippen molar-refractivity contribution < 1.29 is 10.1 Å². The van der Waals surface area contributed by atoms with Gasteiger partial charge in [0.05, 0.1) is 16.0 Å². The van der Waals surface area contributed by atoms with Gasteiger partial charge in [-0.25, -0.2) is 0 Å². The SMILES string of the molecule is O=[N+]([O-])c1ccc2ccc3c(NO)ccc4ccc1c2c43. The van der Waals surface area contributed by atoms with E-state index in [-0.39, 0.29) is 10.6 Å². The first-order valence-corrected chi connectivity index (χ1v) is 6.46. The fourth-order valence-electron chi connectivity index (χ4n) is 3.04. The third-order valence-electron chi connectivity index (χ3n) is 3.96. The molecule has 0 fully saturated rings. The molecule has 0 radical (unpaired) electrons. The highest BCUT2D eigenvalue weighted by Crippen LogP contribution is 2.40. The number of hydrogen-bond donors (Lipinski definition) is 2. The maximum atomic E-state index is 11.2. The summed E-state index contributed by atoms with van der Waals surface area (Å²) >= 11 is 0. The van der Waals surface area contributed by atoms with Crippen LogP contribution in [0.4, 0.5) is 11.4 Å². The van der Waals surface area contributed by atoms with Crippen LogP contribution in [0.1, 0.15) is 0 Å². The van der Waals surface area contributed by atoms with E-state index in [1.54, 1.807) is 18.2 Å². The fraction of sp³-hybridized carbons (Fsp3) is 0. The Morgan fingerprint density at radius 3 is 2.10 bits per heavy atom. The number of nitrogens with zero attached hydrogens (tertiary/aromatic N) is 1. The molecule has 4 aromatic carbocycles. The average Bonchev–Trinajstić information content (AvgIpc) is 2.51. The van der Waals surface area contributed by atoms with E-state index in [0.29, 0.717) is 11.1 Å². The van der Waals surface area contributed by atoms with Gasteiger partial charge in [0.1, 0.15) is 0 Å². The Bertz CT molecular complexity index is 1010. The zero-order valence-electron chi connectivity index (χ0n) is 10.8. The number of benzene rings is 4. The quantitative estimate of drug-likeness (QED) is 0.326. The van der Waals surface area contributed by atoms with Crippen LogP contribution in [0.2, 0.25) is 0 Å². The van der Waals surface area contributed by atoms with E-state index in [1.165, 1.54) is 6.07 Å². The van der Waals surface area contributed by atoms with Crippen LogP contribution in [-0.4, -0.2) is 10.1 Å². The molecule has 21 heavy (non-hydrogen) atoms. The summed E-state index contributed by atoms with van der Waals surface area (Å²) < 4.78 is 0. The van der Waals surface area contributed by atoms with Crippen LogP contribution in [0.25, 0.3) is 32.3 Å². The van der Waals surface area contributed by atoms with Crippen molar-refractivity contribution in [1.82, 2.24) is 0 Å². The molecule has 102 valence electrons. The standard InChI is InChI=1S/C16H10N2O3/c19-17-13-7-3-9-2-6-12-14(18(20)21)8-4-10-1-5-11(13)15(9)16(10)12/h1-8,17,19H. The van der Waals surface area contributed by atoms with Gasteiger partial charge < -0.3 is 0 Å². The minimum atomic E-state index is -0.364. The van der Waals surface area contributed by atoms with Gasteiger partial charge in [0.25, 0.3) is 5.69 Å². The molecule has 5 heteroatoms. The van der Waals surface area contributed by atoms with E-state index in [0.717, 1.165) is 26.9 Å². The van der Waals surface area contributed by atoms with Crippen molar-refractivity contribution >= 4 is 43.7 Å². The van der Waals surface area contributed by atoms with Crippen LogP contribution in [0, 0.1) is 10.1 Å². The van der Waals surface area contributed by atoms with Gasteiger partial charge in [0, 0.05) is 16.8 Å². The molecule has 0 aliphatic rings. The lowest BCUT2D eigenvalue weighted by atomic mass is 9.93. The second-order valence-corrected chi connectivity index (χ2v) is 4.99. The van der Waals surface area contributed by atoms with Crippen molar-refractivity contribution in [3.63, 3.8) is 0 Å². The minimum Gasteiger partial charge on any atom is -0.291 e. The summed E-state index contributed by atoms with van der Waals surface area (Å²) in [7, 11) is 0. The highest BCUT2D eigenvalue weighted by atomic mass is 16.6. The molecule has 0 atom stereocenters. The Morgan fingerprint density at radius 2 is 1.43 bits per heavy atom. The largest absolute Gasteiger partial charge is 0.291 e. The van der Waals surface area contributed by atoms with E-state index in [4.69, 9.17) is 0 Å². The van der Waals surface area contributed by atoms with Crippen molar-refractivity contribution in [2.45, 2.75) is 0 Å². The maximum absolute atomic E-state index is 11.2. The van der Waals surface area contributed by atoms with Gasteiger partial charge in [0.15, 0.2) is 0 Å². The molecule has 0 aromatic heterocycles. The molecule has 0 heterocycles. The highest BCUT2D eigenvalue weighted by molar-refractivity contribution is 6.26. The summed E-state index contributed by atoms with van der Waals surface area (Å²) in [5.74, 6) is 0. The number of non-ortho nitro benzene ring substituents is 1. The zero-order chi connectivity index (χ0) is 14.6. The first kappa shape index (κ1) is 11.9. The molecular formula is C16H10N2O3. The second-order valence-electron chi connectivity index (χ2n) is 4.99. The Balaban J connectivity index is 2.33. The lowest BCUT2D eigenvalue weighted by Crippen LogP contribution is -1.94. The number of rotatable bonds is 2. The summed E-state index contributed by atoms with van der Waals surface area (Å²) in [4.78, 5) is 10.9. The van der Waals surface area contributed by atoms with Gasteiger partial charge in [-0.2, -0.15) is 0 Å². The first-order valence-electron chi connectivity index (χ1n) is 6.46. The number of nitro groups is 1. The van der Waals surface area contributed by atoms with Crippen LogP contribution >= 0.6 is 0 Å². The normalized spacial score (nSPS) is 11.5. The molecule has 4 aromatic rings. The molecule has 0 amide bonds. The average molecular weight is 278 g/mol. The van der Waals surface area contributed by atoms with E-state index < -0.39 is 0 Å². The van der Waals surface area contributed by atoms with Gasteiger partial charge in [0.2, 0.25) is 0 Å². The Morgan fingerprint density at radius 1 is 0.857 bits per heavy atom. The predicted octanol–water partition coefficient (Wildman–Crippen LogP) is 4.29. The van der Waals surface area contributed by atoms with E-state index in [1.807, 2.05) is 24.3 Å². The van der Waals surface area contributed by atoms with Crippen LogP contribution in [0.3, 0.4) is 0 Å². The Labute approximate surface area is 118 Å². The zero-order valence-corrected chi connectivity index (χ0v) is 10.8. The molecule has 5 nitrogen and oxygen atoms in total. The van der Waals surface area contributed by atoms with Gasteiger partial charge in [-0.3, -0.25) is 20.8 Å². The lowest BCUT2D eigenvalue weighted by molar-refractivity contribution is -0.383. The van der Waals surface area contributed by atoms with Crippen LogP contribution in [0.15, 0.2) is 48.5 Å². The molecule has 4 rings (SSSR count). The Kier molecular flexibility index (Phi) is 2.28. The van der Waals surface area contributed by atoms with E-state index >= 15 is 0 Å². The van der Waals surface area contributed by atoms with Crippen molar-refractivity contribution in [2.24, 2.45) is 0 Å². The molecule has 0 aliphatic heterocycles. The van der Waals surface area contributed by atoms with E-state index in [2.05, 4.69) is 5.48 Å². The summed E-state index contributed by atoms with van der Waals surface area (Å²) in [6, 6.07) is 14.5. The monoisotopic (exact) mass is 278 g/mol. The molecule has 0 saturated carbocycles. The smallest absolute Gasteiger partial charge is 0.277 e. The molecule has 0 unspecified atom stereocenters. The summed E-state index contributed by atoms with van der Waals surface area (Å²) in [5, 5.41) is 25.7. The number of nitro benzene ring substituents is 1. The van der Waals surface area contributed by atoms with Crippen molar-refractivity contribution in [2.75, 3.05) is 5.48 Å². The highest BCUT2D eigenvalue weighted by Gasteiger charge is 2.17. The van der Waals surface area contributed by atoms with Gasteiger partial charge >= 0.3 is 0 Å².